The smallest absolute Gasteiger partial charge is 0.265 e. The van der Waals surface area contributed by atoms with Crippen LogP contribution in [-0.2, 0) is 25.6 Å². The van der Waals surface area contributed by atoms with Crippen LogP contribution >= 0.6 is 0 Å². The Kier molecular flexibility index (Phi) is 12.6. The van der Waals surface area contributed by atoms with Gasteiger partial charge in [0.15, 0.2) is 17.5 Å². The third kappa shape index (κ3) is 10.4. The van der Waals surface area contributed by atoms with E-state index in [-0.39, 0.29) is 37.9 Å². The first kappa shape index (κ1) is 34.1. The number of rotatable bonds is 15. The number of carbonyl (C=O) groups is 4. The average Bonchev–Trinajstić information content (AvgIpc) is 3.05. The number of nitrogens with two attached hydrogens (primary N) is 3. The lowest BCUT2D eigenvalue weighted by Gasteiger charge is -2.30. The van der Waals surface area contributed by atoms with E-state index < -0.39 is 47.9 Å². The van der Waals surface area contributed by atoms with Crippen LogP contribution in [0.1, 0.15) is 56.9 Å². The summed E-state index contributed by atoms with van der Waals surface area (Å²) in [4.78, 5) is 57.1. The Bertz CT molecular complexity index is 1360. The molecule has 1 saturated carbocycles. The first-order chi connectivity index (χ1) is 22.2. The molecule has 1 fully saturated rings. The minimum absolute atomic E-state index is 0.00758. The van der Waals surface area contributed by atoms with Gasteiger partial charge in [-0.25, -0.2) is 0 Å². The predicted molar refractivity (Wildman–Crippen MR) is 173 cm³/mol. The number of primary amides is 1. The molecule has 4 amide bonds. The van der Waals surface area contributed by atoms with Crippen molar-refractivity contribution in [1.82, 2.24) is 16.0 Å². The van der Waals surface area contributed by atoms with E-state index in [4.69, 9.17) is 26.7 Å². The molecule has 2 aromatic rings. The Morgan fingerprint density at radius 1 is 0.804 bits per heavy atom. The van der Waals surface area contributed by atoms with Crippen LogP contribution in [0.25, 0.3) is 0 Å². The Balaban J connectivity index is 1.48. The van der Waals surface area contributed by atoms with Crippen molar-refractivity contribution in [3.8, 4) is 11.5 Å². The summed E-state index contributed by atoms with van der Waals surface area (Å²) in [6.45, 7) is 0.223. The zero-order valence-corrected chi connectivity index (χ0v) is 26.0. The van der Waals surface area contributed by atoms with Crippen LogP contribution < -0.4 is 42.6 Å². The molecule has 0 saturated heterocycles. The van der Waals surface area contributed by atoms with Crippen molar-refractivity contribution in [2.24, 2.45) is 28.1 Å². The van der Waals surface area contributed by atoms with Gasteiger partial charge in [0.1, 0.15) is 24.7 Å². The number of hydrogen-bond acceptors (Lipinski definition) is 7. The maximum atomic E-state index is 13.9. The fraction of sp³-hybridized carbons (Fsp3) is 0.485. The minimum Gasteiger partial charge on any atom is -0.485 e. The maximum Gasteiger partial charge on any atom is 0.265 e. The van der Waals surface area contributed by atoms with Crippen LogP contribution in [0.5, 0.6) is 11.5 Å². The number of nitrogens with zero attached hydrogens (tertiary/aromatic N) is 1. The lowest BCUT2D eigenvalue weighted by molar-refractivity contribution is -0.136. The van der Waals surface area contributed by atoms with Gasteiger partial charge in [-0.05, 0) is 42.9 Å². The second-order valence-electron chi connectivity index (χ2n) is 11.8. The van der Waals surface area contributed by atoms with E-state index in [0.29, 0.717) is 24.3 Å². The molecule has 0 bridgehead atoms. The van der Waals surface area contributed by atoms with E-state index in [9.17, 15) is 19.2 Å². The largest absolute Gasteiger partial charge is 0.485 e. The molecule has 1 unspecified atom stereocenters. The van der Waals surface area contributed by atoms with Crippen LogP contribution in [0, 0.1) is 5.92 Å². The van der Waals surface area contributed by atoms with Crippen molar-refractivity contribution in [2.45, 2.75) is 82.0 Å². The number of aliphatic imine (C=N–C) groups is 1. The van der Waals surface area contributed by atoms with Crippen molar-refractivity contribution in [2.75, 3.05) is 13.2 Å². The van der Waals surface area contributed by atoms with Gasteiger partial charge in [0.2, 0.25) is 23.8 Å². The highest BCUT2D eigenvalue weighted by atomic mass is 16.6. The molecule has 0 radical (unpaired) electrons. The fourth-order valence-electron chi connectivity index (χ4n) is 5.79. The van der Waals surface area contributed by atoms with E-state index in [1.54, 1.807) is 18.2 Å². The number of carbonyl (C=O) groups excluding carboxylic acids is 4. The summed E-state index contributed by atoms with van der Waals surface area (Å²) in [5.41, 5.74) is 17.4. The van der Waals surface area contributed by atoms with Crippen molar-refractivity contribution in [3.63, 3.8) is 0 Å². The van der Waals surface area contributed by atoms with Crippen LogP contribution in [0.4, 0.5) is 0 Å². The molecule has 0 aromatic heterocycles. The Morgan fingerprint density at radius 3 is 2.15 bits per heavy atom. The maximum absolute atomic E-state index is 13.9. The van der Waals surface area contributed by atoms with Crippen LogP contribution in [0.15, 0.2) is 59.6 Å². The third-order valence-corrected chi connectivity index (χ3v) is 8.25. The molecule has 1 aliphatic heterocycles. The molecule has 13 nitrogen and oxygen atoms in total. The molecule has 4 atom stereocenters. The van der Waals surface area contributed by atoms with Crippen LogP contribution in [0.3, 0.4) is 0 Å². The van der Waals surface area contributed by atoms with E-state index in [0.717, 1.165) is 37.7 Å². The lowest BCUT2D eigenvalue weighted by atomic mass is 9.84. The molecule has 13 heteroatoms. The van der Waals surface area contributed by atoms with Gasteiger partial charge in [0.25, 0.3) is 5.91 Å². The molecule has 2 aliphatic rings. The molecule has 248 valence electrons. The van der Waals surface area contributed by atoms with Gasteiger partial charge in [0.05, 0.1) is 0 Å². The molecule has 9 N–H and O–H groups in total. The van der Waals surface area contributed by atoms with Gasteiger partial charge in [-0.2, -0.15) is 0 Å². The molecule has 2 aromatic carbocycles. The Hall–Kier alpha value is -4.81. The second kappa shape index (κ2) is 17.0. The number of benzene rings is 2. The lowest BCUT2D eigenvalue weighted by Crippen LogP contribution is -2.58. The molecule has 4 rings (SSSR count). The van der Waals surface area contributed by atoms with Gasteiger partial charge >= 0.3 is 0 Å². The highest BCUT2D eigenvalue weighted by Crippen LogP contribution is 2.31. The number of guanidine groups is 1. The van der Waals surface area contributed by atoms with E-state index in [1.165, 1.54) is 0 Å². The zero-order valence-electron chi connectivity index (χ0n) is 26.0. The Morgan fingerprint density at radius 2 is 1.46 bits per heavy atom. The van der Waals surface area contributed by atoms with Gasteiger partial charge in [-0.1, -0.05) is 74.6 Å². The summed E-state index contributed by atoms with van der Waals surface area (Å²) in [6.07, 6.45) is 5.29. The van der Waals surface area contributed by atoms with Gasteiger partial charge in [-0.15, -0.1) is 0 Å². The third-order valence-electron chi connectivity index (χ3n) is 8.25. The highest BCUT2D eigenvalue weighted by molar-refractivity contribution is 5.94. The van der Waals surface area contributed by atoms with Crippen molar-refractivity contribution >= 4 is 29.6 Å². The monoisotopic (exact) mass is 635 g/mol. The summed E-state index contributed by atoms with van der Waals surface area (Å²) in [6, 6.07) is 13.2. The average molecular weight is 636 g/mol. The van der Waals surface area contributed by atoms with Gasteiger partial charge < -0.3 is 42.6 Å². The number of hydrogen-bond donors (Lipinski definition) is 6. The standard InChI is InChI=1S/C33H45N7O6/c34-29(41)24(18-21-10-3-1-4-11-21)39-30(42)23(14-9-17-37-33(35)36)38-31(43)25(19-22-12-5-2-6-13-22)40-32(44)28-20-45-26-15-7-8-16-27(26)46-28/h1,3-4,7-8,10-11,15-16,22-25,28H,2,5-6,9,12-14,17-20H2,(H2,34,41)(H,38,43)(H,39,42)(H,40,44)(H4,35,36,37)/t23-,24-,25-,28?/m0/s1. The van der Waals surface area contributed by atoms with E-state index in [1.807, 2.05) is 36.4 Å². The molecular weight excluding hydrogens is 590 g/mol. The van der Waals surface area contributed by atoms with E-state index in [2.05, 4.69) is 20.9 Å². The number of fused-ring (bicyclic) bond motifs is 1. The summed E-state index contributed by atoms with van der Waals surface area (Å²) in [7, 11) is 0. The van der Waals surface area contributed by atoms with Gasteiger partial charge in [-0.3, -0.25) is 24.2 Å². The van der Waals surface area contributed by atoms with Crippen LogP contribution in [-0.4, -0.2) is 67.0 Å². The molecule has 1 heterocycles. The van der Waals surface area contributed by atoms with E-state index >= 15 is 0 Å². The molecule has 46 heavy (non-hydrogen) atoms. The highest BCUT2D eigenvalue weighted by Gasteiger charge is 2.34. The first-order valence-corrected chi connectivity index (χ1v) is 15.9. The summed E-state index contributed by atoms with van der Waals surface area (Å²) in [5, 5.41) is 8.40. The SMILES string of the molecule is NC(=O)[C@H](Cc1ccccc1)NC(=O)[C@H](CCCN=C(N)N)NC(=O)[C@H](CC1CCCCC1)NC(=O)C1COc2ccccc2O1. The summed E-state index contributed by atoms with van der Waals surface area (Å²) in [5.74, 6) is -1.17. The number of ether oxygens (including phenoxy) is 2. The second-order valence-corrected chi connectivity index (χ2v) is 11.8. The minimum atomic E-state index is -1.05. The predicted octanol–water partition coefficient (Wildman–Crippen LogP) is 1.03. The quantitative estimate of drug-likeness (QED) is 0.0942. The summed E-state index contributed by atoms with van der Waals surface area (Å²) < 4.78 is 11.6. The van der Waals surface area contributed by atoms with Crippen molar-refractivity contribution in [1.29, 1.82) is 0 Å². The molecular formula is C33H45N7O6. The molecule has 0 spiro atoms. The molecule has 1 aliphatic carbocycles. The summed E-state index contributed by atoms with van der Waals surface area (Å²) >= 11 is 0. The Labute approximate surface area is 269 Å². The van der Waals surface area contributed by atoms with Gasteiger partial charge in [0, 0.05) is 13.0 Å². The van der Waals surface area contributed by atoms with Crippen LogP contribution in [0.2, 0.25) is 0 Å². The number of para-hydroxylation sites is 2. The van der Waals surface area contributed by atoms with Crippen molar-refractivity contribution < 1.29 is 28.7 Å². The first-order valence-electron chi connectivity index (χ1n) is 15.9. The zero-order chi connectivity index (χ0) is 32.9. The van der Waals surface area contributed by atoms with Crippen molar-refractivity contribution in [3.05, 3.63) is 60.2 Å². The fourth-order valence-corrected chi connectivity index (χ4v) is 5.79. The number of nitrogens with one attached hydrogen (secondary N) is 3. The topological polar surface area (TPSA) is 213 Å². The number of amides is 4. The normalized spacial score (nSPS) is 17.9.